The molecule has 1 aromatic carbocycles. The standard InChI is InChI=1S/C14H20N2O2/c1-4-5-6-10-16(2)14(17)11-8-7-9-12(15)13(11)18-3/h4,7-9H,1,5-6,10,15H2,2-3H3. The molecule has 1 rings (SSSR count). The van der Waals surface area contributed by atoms with Gasteiger partial charge in [0.1, 0.15) is 0 Å². The summed E-state index contributed by atoms with van der Waals surface area (Å²) in [7, 11) is 3.29. The molecule has 0 saturated carbocycles. The van der Waals surface area contributed by atoms with Gasteiger partial charge in [0.15, 0.2) is 5.75 Å². The third-order valence-electron chi connectivity index (χ3n) is 2.73. The van der Waals surface area contributed by atoms with E-state index in [2.05, 4.69) is 6.58 Å². The summed E-state index contributed by atoms with van der Waals surface area (Å²) in [5.41, 5.74) is 6.76. The van der Waals surface area contributed by atoms with E-state index in [1.54, 1.807) is 30.1 Å². The SMILES string of the molecule is C=CCCCN(C)C(=O)c1cccc(N)c1OC. The number of nitrogens with zero attached hydrogens (tertiary/aromatic N) is 1. The van der Waals surface area contributed by atoms with Crippen LogP contribution in [0.2, 0.25) is 0 Å². The van der Waals surface area contributed by atoms with E-state index in [9.17, 15) is 4.79 Å². The van der Waals surface area contributed by atoms with Crippen molar-refractivity contribution < 1.29 is 9.53 Å². The van der Waals surface area contributed by atoms with Crippen molar-refractivity contribution >= 4 is 11.6 Å². The van der Waals surface area contributed by atoms with Crippen LogP contribution in [0.25, 0.3) is 0 Å². The number of hydrogen-bond donors (Lipinski definition) is 1. The van der Waals surface area contributed by atoms with Crippen LogP contribution < -0.4 is 10.5 Å². The molecular formula is C14H20N2O2. The molecule has 18 heavy (non-hydrogen) atoms. The van der Waals surface area contributed by atoms with Crippen molar-refractivity contribution in [3.8, 4) is 5.75 Å². The third kappa shape index (κ3) is 3.26. The van der Waals surface area contributed by atoms with Gasteiger partial charge in [-0.1, -0.05) is 12.1 Å². The van der Waals surface area contributed by atoms with Gasteiger partial charge in [-0.25, -0.2) is 0 Å². The largest absolute Gasteiger partial charge is 0.494 e. The topological polar surface area (TPSA) is 55.6 Å². The molecule has 0 heterocycles. The van der Waals surface area contributed by atoms with E-state index in [4.69, 9.17) is 10.5 Å². The smallest absolute Gasteiger partial charge is 0.257 e. The van der Waals surface area contributed by atoms with E-state index in [-0.39, 0.29) is 5.91 Å². The average molecular weight is 248 g/mol. The second-order valence-corrected chi connectivity index (χ2v) is 4.09. The summed E-state index contributed by atoms with van der Waals surface area (Å²) >= 11 is 0. The van der Waals surface area contributed by atoms with Gasteiger partial charge in [0.2, 0.25) is 0 Å². The molecule has 0 unspecified atom stereocenters. The Hall–Kier alpha value is -1.97. The number of methoxy groups -OCH3 is 1. The highest BCUT2D eigenvalue weighted by Crippen LogP contribution is 2.26. The molecule has 4 nitrogen and oxygen atoms in total. The number of benzene rings is 1. The number of unbranched alkanes of at least 4 members (excludes halogenated alkanes) is 1. The van der Waals surface area contributed by atoms with Gasteiger partial charge in [-0.2, -0.15) is 0 Å². The number of carbonyl (C=O) groups excluding carboxylic acids is 1. The number of nitrogens with two attached hydrogens (primary N) is 1. The van der Waals surface area contributed by atoms with E-state index in [1.165, 1.54) is 7.11 Å². The van der Waals surface area contributed by atoms with Gasteiger partial charge in [0.05, 0.1) is 18.4 Å². The Labute approximate surface area is 108 Å². The van der Waals surface area contributed by atoms with Crippen molar-refractivity contribution in [2.45, 2.75) is 12.8 Å². The van der Waals surface area contributed by atoms with Crippen LogP contribution in [0.3, 0.4) is 0 Å². The van der Waals surface area contributed by atoms with Crippen LogP contribution in [0.4, 0.5) is 5.69 Å². The first-order valence-corrected chi connectivity index (χ1v) is 5.90. The summed E-state index contributed by atoms with van der Waals surface area (Å²) in [4.78, 5) is 13.9. The molecule has 0 aliphatic rings. The Morgan fingerprint density at radius 2 is 2.28 bits per heavy atom. The lowest BCUT2D eigenvalue weighted by Crippen LogP contribution is -2.28. The van der Waals surface area contributed by atoms with E-state index >= 15 is 0 Å². The van der Waals surface area contributed by atoms with Gasteiger partial charge in [0.25, 0.3) is 5.91 Å². The Bertz CT molecular complexity index is 430. The zero-order chi connectivity index (χ0) is 13.5. The van der Waals surface area contributed by atoms with E-state index in [1.807, 2.05) is 6.08 Å². The van der Waals surface area contributed by atoms with Crippen LogP contribution in [0.15, 0.2) is 30.9 Å². The number of amides is 1. The summed E-state index contributed by atoms with van der Waals surface area (Å²) in [6.07, 6.45) is 3.64. The molecule has 0 saturated heterocycles. The number of anilines is 1. The third-order valence-corrected chi connectivity index (χ3v) is 2.73. The number of nitrogen functional groups attached to an aromatic ring is 1. The molecular weight excluding hydrogens is 228 g/mol. The molecule has 0 atom stereocenters. The molecule has 0 spiro atoms. The molecule has 4 heteroatoms. The zero-order valence-corrected chi connectivity index (χ0v) is 11.0. The minimum atomic E-state index is -0.0804. The number of rotatable bonds is 6. The van der Waals surface area contributed by atoms with Crippen molar-refractivity contribution in [3.05, 3.63) is 36.4 Å². The fraction of sp³-hybridized carbons (Fsp3) is 0.357. The van der Waals surface area contributed by atoms with Crippen molar-refractivity contribution in [1.29, 1.82) is 0 Å². The number of para-hydroxylation sites is 1. The quantitative estimate of drug-likeness (QED) is 0.477. The fourth-order valence-corrected chi connectivity index (χ4v) is 1.73. The van der Waals surface area contributed by atoms with Gasteiger partial charge in [-0.15, -0.1) is 6.58 Å². The maximum absolute atomic E-state index is 12.2. The Kier molecular flexibility index (Phi) is 5.24. The highest BCUT2D eigenvalue weighted by molar-refractivity contribution is 5.98. The minimum Gasteiger partial charge on any atom is -0.494 e. The zero-order valence-electron chi connectivity index (χ0n) is 11.0. The Morgan fingerprint density at radius 1 is 1.56 bits per heavy atom. The predicted octanol–water partition coefficient (Wildman–Crippen LogP) is 2.32. The summed E-state index contributed by atoms with van der Waals surface area (Å²) in [5, 5.41) is 0. The average Bonchev–Trinajstić information content (AvgIpc) is 2.37. The fourth-order valence-electron chi connectivity index (χ4n) is 1.73. The van der Waals surface area contributed by atoms with Crippen LogP contribution in [0, 0.1) is 0 Å². The molecule has 0 aliphatic carbocycles. The molecule has 98 valence electrons. The summed E-state index contributed by atoms with van der Waals surface area (Å²) in [6, 6.07) is 5.19. The monoisotopic (exact) mass is 248 g/mol. The van der Waals surface area contributed by atoms with Crippen molar-refractivity contribution in [3.63, 3.8) is 0 Å². The first kappa shape index (κ1) is 14.1. The number of carbonyl (C=O) groups is 1. The van der Waals surface area contributed by atoms with E-state index < -0.39 is 0 Å². The maximum Gasteiger partial charge on any atom is 0.257 e. The van der Waals surface area contributed by atoms with Crippen LogP contribution >= 0.6 is 0 Å². The molecule has 1 aromatic rings. The molecule has 0 bridgehead atoms. The summed E-state index contributed by atoms with van der Waals surface area (Å²) in [5.74, 6) is 0.362. The van der Waals surface area contributed by atoms with Gasteiger partial charge in [-0.05, 0) is 25.0 Å². The van der Waals surface area contributed by atoms with Crippen LogP contribution in [0.5, 0.6) is 5.75 Å². The first-order valence-electron chi connectivity index (χ1n) is 5.90. The lowest BCUT2D eigenvalue weighted by Gasteiger charge is -2.19. The highest BCUT2D eigenvalue weighted by atomic mass is 16.5. The minimum absolute atomic E-state index is 0.0804. The predicted molar refractivity (Wildman–Crippen MR) is 73.8 cm³/mol. The molecule has 0 aliphatic heterocycles. The van der Waals surface area contributed by atoms with Gasteiger partial charge in [-0.3, -0.25) is 4.79 Å². The van der Waals surface area contributed by atoms with Crippen molar-refractivity contribution in [2.24, 2.45) is 0 Å². The number of allylic oxidation sites excluding steroid dienone is 1. The second-order valence-electron chi connectivity index (χ2n) is 4.09. The summed E-state index contributed by atoms with van der Waals surface area (Å²) in [6.45, 7) is 4.34. The molecule has 0 fully saturated rings. The number of hydrogen-bond acceptors (Lipinski definition) is 3. The van der Waals surface area contributed by atoms with E-state index in [0.29, 0.717) is 23.5 Å². The lowest BCUT2D eigenvalue weighted by atomic mass is 10.1. The van der Waals surface area contributed by atoms with Crippen molar-refractivity contribution in [2.75, 3.05) is 26.4 Å². The molecule has 0 radical (unpaired) electrons. The first-order chi connectivity index (χ1) is 8.61. The van der Waals surface area contributed by atoms with Gasteiger partial charge >= 0.3 is 0 Å². The maximum atomic E-state index is 12.2. The Balaban J connectivity index is 2.83. The van der Waals surface area contributed by atoms with Gasteiger partial charge in [0, 0.05) is 13.6 Å². The van der Waals surface area contributed by atoms with Crippen LogP contribution in [-0.2, 0) is 0 Å². The highest BCUT2D eigenvalue weighted by Gasteiger charge is 2.17. The number of ether oxygens (including phenoxy) is 1. The summed E-state index contributed by atoms with van der Waals surface area (Å²) < 4.78 is 5.18. The van der Waals surface area contributed by atoms with Crippen LogP contribution in [-0.4, -0.2) is 31.5 Å². The normalized spacial score (nSPS) is 9.89. The molecule has 0 aromatic heterocycles. The molecule has 1 amide bonds. The Morgan fingerprint density at radius 3 is 2.89 bits per heavy atom. The van der Waals surface area contributed by atoms with E-state index in [0.717, 1.165) is 12.8 Å². The second kappa shape index (κ2) is 6.69. The van der Waals surface area contributed by atoms with Gasteiger partial charge < -0.3 is 15.4 Å². The van der Waals surface area contributed by atoms with Crippen LogP contribution in [0.1, 0.15) is 23.2 Å². The van der Waals surface area contributed by atoms with Crippen molar-refractivity contribution in [1.82, 2.24) is 4.90 Å². The lowest BCUT2D eigenvalue weighted by molar-refractivity contribution is 0.0790. The molecule has 2 N–H and O–H groups in total.